The second-order valence-corrected chi connectivity index (χ2v) is 15.0. The van der Waals surface area contributed by atoms with Gasteiger partial charge in [-0.1, -0.05) is 187 Å². The SMILES string of the molecule is CCCCCC/C=C\CCCCCCCC(=O)OC(COC(=O)CCCCCCC)COC(=O)CCCCCCCCCCCCCCCCC. The smallest absolute Gasteiger partial charge is 0.306 e. The average molecular weight is 721 g/mol. The predicted molar refractivity (Wildman–Crippen MR) is 215 cm³/mol. The van der Waals surface area contributed by atoms with Gasteiger partial charge in [-0.15, -0.1) is 0 Å². The summed E-state index contributed by atoms with van der Waals surface area (Å²) in [5.41, 5.74) is 0. The lowest BCUT2D eigenvalue weighted by Gasteiger charge is -2.18. The molecule has 6 nitrogen and oxygen atoms in total. The molecule has 0 bridgehead atoms. The van der Waals surface area contributed by atoms with E-state index in [4.69, 9.17) is 14.2 Å². The van der Waals surface area contributed by atoms with Gasteiger partial charge < -0.3 is 14.2 Å². The van der Waals surface area contributed by atoms with Gasteiger partial charge in [-0.3, -0.25) is 14.4 Å². The number of carbonyl (C=O) groups is 3. The molecule has 0 radical (unpaired) electrons. The molecule has 0 aromatic carbocycles. The fourth-order valence-corrected chi connectivity index (χ4v) is 6.38. The van der Waals surface area contributed by atoms with E-state index in [1.165, 1.54) is 128 Å². The molecule has 0 aliphatic heterocycles. The van der Waals surface area contributed by atoms with Crippen LogP contribution in [0.15, 0.2) is 12.2 Å². The van der Waals surface area contributed by atoms with E-state index in [0.29, 0.717) is 19.3 Å². The van der Waals surface area contributed by atoms with Gasteiger partial charge in [0.15, 0.2) is 6.10 Å². The van der Waals surface area contributed by atoms with Crippen LogP contribution in [-0.2, 0) is 28.6 Å². The second-order valence-electron chi connectivity index (χ2n) is 15.0. The highest BCUT2D eigenvalue weighted by molar-refractivity contribution is 5.71. The number of unbranched alkanes of at least 4 members (excludes halogenated alkanes) is 27. The largest absolute Gasteiger partial charge is 0.462 e. The Bertz CT molecular complexity index is 794. The monoisotopic (exact) mass is 721 g/mol. The van der Waals surface area contributed by atoms with Crippen LogP contribution in [0, 0.1) is 0 Å². The van der Waals surface area contributed by atoms with Crippen molar-refractivity contribution >= 4 is 17.9 Å². The Balaban J connectivity index is 4.21. The standard InChI is InChI=1S/C45H84O6/c1-4-7-10-13-15-17-19-21-22-24-25-27-29-32-35-38-44(47)50-41-42(40-49-43(46)37-34-31-12-9-6-3)51-45(48)39-36-33-30-28-26-23-20-18-16-14-11-8-5-2/h18,20,42H,4-17,19,21-41H2,1-3H3/b20-18-. The highest BCUT2D eigenvalue weighted by atomic mass is 16.6. The molecule has 0 aliphatic carbocycles. The lowest BCUT2D eigenvalue weighted by Crippen LogP contribution is -2.30. The van der Waals surface area contributed by atoms with Crippen LogP contribution in [0.3, 0.4) is 0 Å². The summed E-state index contributed by atoms with van der Waals surface area (Å²) in [7, 11) is 0. The number of esters is 3. The van der Waals surface area contributed by atoms with Gasteiger partial charge in [-0.2, -0.15) is 0 Å². The predicted octanol–water partition coefficient (Wildman–Crippen LogP) is 13.9. The topological polar surface area (TPSA) is 78.9 Å². The minimum Gasteiger partial charge on any atom is -0.462 e. The number of carbonyl (C=O) groups excluding carboxylic acids is 3. The van der Waals surface area contributed by atoms with E-state index in [9.17, 15) is 14.4 Å². The maximum atomic E-state index is 12.6. The fraction of sp³-hybridized carbons (Fsp3) is 0.889. The van der Waals surface area contributed by atoms with Crippen LogP contribution in [0.5, 0.6) is 0 Å². The molecule has 0 N–H and O–H groups in total. The van der Waals surface area contributed by atoms with Crippen molar-refractivity contribution in [3.05, 3.63) is 12.2 Å². The van der Waals surface area contributed by atoms with Crippen LogP contribution in [0.2, 0.25) is 0 Å². The number of rotatable bonds is 40. The molecule has 0 rings (SSSR count). The second kappa shape index (κ2) is 40.9. The Morgan fingerprint density at radius 3 is 1.00 bits per heavy atom. The van der Waals surface area contributed by atoms with Crippen molar-refractivity contribution in [2.45, 2.75) is 245 Å². The quantitative estimate of drug-likeness (QED) is 0.0271. The number of ether oxygens (including phenoxy) is 3. The molecule has 0 spiro atoms. The van der Waals surface area contributed by atoms with Gasteiger partial charge in [0.05, 0.1) is 0 Å². The van der Waals surface area contributed by atoms with E-state index >= 15 is 0 Å². The van der Waals surface area contributed by atoms with Crippen LogP contribution in [0.1, 0.15) is 239 Å². The summed E-state index contributed by atoms with van der Waals surface area (Å²) in [5, 5.41) is 0. The Morgan fingerprint density at radius 1 is 0.373 bits per heavy atom. The van der Waals surface area contributed by atoms with Crippen molar-refractivity contribution in [2.75, 3.05) is 13.2 Å². The lowest BCUT2D eigenvalue weighted by atomic mass is 10.0. The Kier molecular flexibility index (Phi) is 39.4. The number of hydrogen-bond donors (Lipinski definition) is 0. The van der Waals surface area contributed by atoms with Crippen LogP contribution in [0.25, 0.3) is 0 Å². The third-order valence-electron chi connectivity index (χ3n) is 9.77. The molecule has 0 heterocycles. The van der Waals surface area contributed by atoms with Crippen molar-refractivity contribution in [2.24, 2.45) is 0 Å². The van der Waals surface area contributed by atoms with Gasteiger partial charge in [0.2, 0.25) is 0 Å². The van der Waals surface area contributed by atoms with E-state index in [1.54, 1.807) is 0 Å². The summed E-state index contributed by atoms with van der Waals surface area (Å²) in [6.07, 6.45) is 42.2. The molecule has 300 valence electrons. The zero-order valence-corrected chi connectivity index (χ0v) is 34.1. The van der Waals surface area contributed by atoms with Gasteiger partial charge in [0.25, 0.3) is 0 Å². The van der Waals surface area contributed by atoms with E-state index < -0.39 is 6.10 Å². The van der Waals surface area contributed by atoms with E-state index in [0.717, 1.165) is 70.6 Å². The highest BCUT2D eigenvalue weighted by Gasteiger charge is 2.19. The first-order valence-corrected chi connectivity index (χ1v) is 22.2. The Hall–Kier alpha value is -1.85. The summed E-state index contributed by atoms with van der Waals surface area (Å²) >= 11 is 0. The van der Waals surface area contributed by atoms with E-state index in [1.807, 2.05) is 0 Å². The van der Waals surface area contributed by atoms with Gasteiger partial charge in [-0.25, -0.2) is 0 Å². The van der Waals surface area contributed by atoms with Gasteiger partial charge in [0.1, 0.15) is 13.2 Å². The molecule has 0 aromatic heterocycles. The number of hydrogen-bond acceptors (Lipinski definition) is 6. The van der Waals surface area contributed by atoms with Crippen molar-refractivity contribution in [1.82, 2.24) is 0 Å². The summed E-state index contributed by atoms with van der Waals surface area (Å²) < 4.78 is 16.6. The Morgan fingerprint density at radius 2 is 0.647 bits per heavy atom. The summed E-state index contributed by atoms with van der Waals surface area (Å²) in [6.45, 7) is 6.54. The maximum Gasteiger partial charge on any atom is 0.306 e. The third kappa shape index (κ3) is 39.2. The molecule has 0 saturated carbocycles. The average Bonchev–Trinajstić information content (AvgIpc) is 3.12. The first-order chi connectivity index (χ1) is 25.0. The minimum absolute atomic E-state index is 0.0702. The summed E-state index contributed by atoms with van der Waals surface area (Å²) in [6, 6.07) is 0. The maximum absolute atomic E-state index is 12.6. The Labute approximate surface area is 316 Å². The fourth-order valence-electron chi connectivity index (χ4n) is 6.38. The molecule has 0 aliphatic rings. The molecule has 1 unspecified atom stereocenters. The van der Waals surface area contributed by atoms with Gasteiger partial charge in [0, 0.05) is 19.3 Å². The van der Waals surface area contributed by atoms with Gasteiger partial charge in [-0.05, 0) is 44.9 Å². The van der Waals surface area contributed by atoms with Crippen molar-refractivity contribution in [3.8, 4) is 0 Å². The van der Waals surface area contributed by atoms with Crippen molar-refractivity contribution < 1.29 is 28.6 Å². The molecule has 1 atom stereocenters. The zero-order valence-electron chi connectivity index (χ0n) is 34.1. The molecule has 0 fully saturated rings. The van der Waals surface area contributed by atoms with E-state index in [2.05, 4.69) is 32.9 Å². The van der Waals surface area contributed by atoms with Crippen LogP contribution < -0.4 is 0 Å². The molecule has 6 heteroatoms. The van der Waals surface area contributed by atoms with E-state index in [-0.39, 0.29) is 31.1 Å². The first-order valence-electron chi connectivity index (χ1n) is 22.2. The normalized spacial score (nSPS) is 12.0. The summed E-state index contributed by atoms with van der Waals surface area (Å²) in [5.74, 6) is -0.887. The molecule has 0 aromatic rings. The zero-order chi connectivity index (χ0) is 37.3. The lowest BCUT2D eigenvalue weighted by molar-refractivity contribution is -0.167. The molecule has 0 saturated heterocycles. The van der Waals surface area contributed by atoms with Crippen LogP contribution >= 0.6 is 0 Å². The summed E-state index contributed by atoms with van der Waals surface area (Å²) in [4.78, 5) is 37.4. The molecular weight excluding hydrogens is 636 g/mol. The highest BCUT2D eigenvalue weighted by Crippen LogP contribution is 2.15. The van der Waals surface area contributed by atoms with Crippen molar-refractivity contribution in [3.63, 3.8) is 0 Å². The van der Waals surface area contributed by atoms with Gasteiger partial charge >= 0.3 is 17.9 Å². The number of allylic oxidation sites excluding steroid dienone is 2. The first kappa shape index (κ1) is 49.1. The molecule has 0 amide bonds. The molecule has 51 heavy (non-hydrogen) atoms. The molecular formula is C45H84O6. The van der Waals surface area contributed by atoms with Crippen molar-refractivity contribution in [1.29, 1.82) is 0 Å². The minimum atomic E-state index is -0.764. The third-order valence-corrected chi connectivity index (χ3v) is 9.77. The van der Waals surface area contributed by atoms with Crippen LogP contribution in [0.4, 0.5) is 0 Å². The van der Waals surface area contributed by atoms with Crippen LogP contribution in [-0.4, -0.2) is 37.2 Å².